The number of carbonyl (C=O) groups excluding carboxylic acids is 2. The summed E-state index contributed by atoms with van der Waals surface area (Å²) in [4.78, 5) is 37.6. The molecule has 0 spiro atoms. The first-order chi connectivity index (χ1) is 24.4. The molecule has 0 radical (unpaired) electrons. The van der Waals surface area contributed by atoms with Gasteiger partial charge in [0.1, 0.15) is 13.2 Å². The van der Waals surface area contributed by atoms with E-state index >= 15 is 0 Å². The Kier molecular flexibility index (Phi) is 11.2. The van der Waals surface area contributed by atoms with Crippen LogP contribution >= 0.6 is 23.5 Å². The molecule has 16 nitrogen and oxygen atoms in total. The molecule has 4 heterocycles. The van der Waals surface area contributed by atoms with Crippen LogP contribution in [0.4, 0.5) is 0 Å². The number of nitrogens with zero attached hydrogens (tertiary/aromatic N) is 8. The normalized spacial score (nSPS) is 11.4. The van der Waals surface area contributed by atoms with Crippen LogP contribution in [-0.4, -0.2) is 59.5 Å². The molecule has 1 N–H and O–H groups in total. The largest absolute Gasteiger partial charge is 0.452 e. The van der Waals surface area contributed by atoms with Gasteiger partial charge in [-0.25, -0.2) is 9.59 Å². The average Bonchev–Trinajstić information content (AvgIpc) is 3.94. The van der Waals surface area contributed by atoms with E-state index in [1.54, 1.807) is 80.1 Å². The number of ether oxygens (including phenoxy) is 2. The second-order valence-corrected chi connectivity index (χ2v) is 12.2. The maximum absolute atomic E-state index is 12.4. The van der Waals surface area contributed by atoms with E-state index in [0.29, 0.717) is 68.3 Å². The zero-order valence-corrected chi connectivity index (χ0v) is 28.1. The summed E-state index contributed by atoms with van der Waals surface area (Å²) in [6.07, 6.45) is 3.28. The van der Waals surface area contributed by atoms with Gasteiger partial charge in [-0.1, -0.05) is 70.2 Å². The third kappa shape index (κ3) is 9.17. The summed E-state index contributed by atoms with van der Waals surface area (Å²) in [5, 5.41) is 21.4. The van der Waals surface area contributed by atoms with Crippen LogP contribution in [0.1, 0.15) is 29.8 Å². The molecule has 6 aromatic rings. The van der Waals surface area contributed by atoms with Crippen molar-refractivity contribution in [2.75, 3.05) is 7.05 Å². The fraction of sp³-hybridized carbons (Fsp3) is 0.188. The molecule has 0 aliphatic rings. The number of hydrogen-bond donors (Lipinski definition) is 1. The lowest BCUT2D eigenvalue weighted by Gasteiger charge is -2.07. The first-order valence-corrected chi connectivity index (χ1v) is 16.8. The minimum absolute atomic E-state index is 0.158. The van der Waals surface area contributed by atoms with Gasteiger partial charge in [-0.15, -0.1) is 10.2 Å². The monoisotopic (exact) mass is 713 g/mol. The van der Waals surface area contributed by atoms with Crippen LogP contribution in [-0.2, 0) is 43.8 Å². The van der Waals surface area contributed by atoms with Crippen LogP contribution in [0.15, 0.2) is 96.8 Å². The van der Waals surface area contributed by atoms with E-state index in [-0.39, 0.29) is 13.2 Å². The molecular formula is C32H27N9O7S2. The van der Waals surface area contributed by atoms with E-state index in [0.717, 1.165) is 10.6 Å². The molecule has 0 aliphatic heterocycles. The highest BCUT2D eigenvalue weighted by Gasteiger charge is 2.19. The van der Waals surface area contributed by atoms with Gasteiger partial charge in [-0.2, -0.15) is 15.1 Å². The summed E-state index contributed by atoms with van der Waals surface area (Å²) < 4.78 is 26.8. The molecule has 6 rings (SSSR count). The first kappa shape index (κ1) is 34.0. The maximum Gasteiger partial charge on any atom is 0.417 e. The number of thioether (sulfide) groups is 2. The van der Waals surface area contributed by atoms with Gasteiger partial charge in [-0.3, -0.25) is 4.98 Å². The standard InChI is InChI=1S/C32H27N9O7S2/c1-19(37-33-2)49-17-25-35-27(40-47-25)23-7-3-5-20(13-23)15-44-30(42)31(43)45-16-21-6-4-8-24(14-21)28-36-26(48-41-28)18-50-32-39-38-29(46-32)22-9-11-34-12-10-22/h3-14,33H,15-18H2,1-2H3/b37-19+. The Morgan fingerprint density at radius 1 is 0.800 bits per heavy atom. The number of nitrogens with one attached hydrogen (secondary N) is 1. The smallest absolute Gasteiger partial charge is 0.417 e. The van der Waals surface area contributed by atoms with Crippen LogP contribution in [0.25, 0.3) is 34.2 Å². The van der Waals surface area contributed by atoms with Crippen molar-refractivity contribution < 1.29 is 32.5 Å². The Balaban J connectivity index is 0.965. The molecule has 0 saturated heterocycles. The van der Waals surface area contributed by atoms with E-state index in [2.05, 4.69) is 46.0 Å². The number of aromatic nitrogens is 7. The number of rotatable bonds is 13. The molecule has 0 fully saturated rings. The van der Waals surface area contributed by atoms with Gasteiger partial charge in [0, 0.05) is 36.1 Å². The Bertz CT molecular complexity index is 2100. The quantitative estimate of drug-likeness (QED) is 0.0412. The lowest BCUT2D eigenvalue weighted by Crippen LogP contribution is -2.20. The van der Waals surface area contributed by atoms with Gasteiger partial charge < -0.3 is 28.4 Å². The lowest BCUT2D eigenvalue weighted by atomic mass is 10.1. The molecule has 0 atom stereocenters. The van der Waals surface area contributed by atoms with E-state index in [1.807, 2.05) is 6.92 Å². The summed E-state index contributed by atoms with van der Waals surface area (Å²) in [7, 11) is 1.72. The van der Waals surface area contributed by atoms with E-state index < -0.39 is 11.9 Å². The fourth-order valence-corrected chi connectivity index (χ4v) is 5.44. The summed E-state index contributed by atoms with van der Waals surface area (Å²) in [5.74, 6) is 0.400. The maximum atomic E-state index is 12.4. The van der Waals surface area contributed by atoms with Crippen molar-refractivity contribution in [2.24, 2.45) is 5.10 Å². The minimum atomic E-state index is -1.13. The summed E-state index contributed by atoms with van der Waals surface area (Å²) in [6, 6.07) is 17.6. The van der Waals surface area contributed by atoms with Crippen molar-refractivity contribution in [3.8, 4) is 34.2 Å². The number of carbonyl (C=O) groups is 2. The third-order valence-corrected chi connectivity index (χ3v) is 8.24. The highest BCUT2D eigenvalue weighted by atomic mass is 32.2. The lowest BCUT2D eigenvalue weighted by molar-refractivity contribution is -0.169. The van der Waals surface area contributed by atoms with Gasteiger partial charge in [0.25, 0.3) is 5.22 Å². The molecule has 18 heteroatoms. The third-order valence-electron chi connectivity index (χ3n) is 6.54. The molecule has 50 heavy (non-hydrogen) atoms. The number of benzene rings is 2. The predicted molar refractivity (Wildman–Crippen MR) is 180 cm³/mol. The molecular weight excluding hydrogens is 687 g/mol. The molecule has 0 bridgehead atoms. The molecule has 254 valence electrons. The average molecular weight is 714 g/mol. The second kappa shape index (κ2) is 16.5. The highest BCUT2D eigenvalue weighted by molar-refractivity contribution is 8.13. The van der Waals surface area contributed by atoms with Gasteiger partial charge in [-0.05, 0) is 42.3 Å². The van der Waals surface area contributed by atoms with Crippen molar-refractivity contribution in [1.29, 1.82) is 0 Å². The number of esters is 2. The fourth-order valence-electron chi connectivity index (χ4n) is 4.24. The Morgan fingerprint density at radius 3 is 2.00 bits per heavy atom. The highest BCUT2D eigenvalue weighted by Crippen LogP contribution is 2.26. The first-order valence-electron chi connectivity index (χ1n) is 14.8. The molecule has 4 aromatic heterocycles. The second-order valence-electron chi connectivity index (χ2n) is 10.1. The van der Waals surface area contributed by atoms with Crippen LogP contribution in [0, 0.1) is 0 Å². The van der Waals surface area contributed by atoms with Gasteiger partial charge in [0.2, 0.25) is 29.3 Å². The molecule has 0 aliphatic carbocycles. The number of pyridine rings is 1. The zero-order chi connectivity index (χ0) is 34.7. The molecule has 0 unspecified atom stereocenters. The summed E-state index contributed by atoms with van der Waals surface area (Å²) >= 11 is 2.71. The van der Waals surface area contributed by atoms with E-state index in [1.165, 1.54) is 23.5 Å². The van der Waals surface area contributed by atoms with Gasteiger partial charge >= 0.3 is 11.9 Å². The summed E-state index contributed by atoms with van der Waals surface area (Å²) in [5.41, 5.74) is 6.01. The number of hydrazone groups is 1. The molecule has 0 amide bonds. The van der Waals surface area contributed by atoms with Crippen molar-refractivity contribution in [3.05, 3.63) is 96.0 Å². The van der Waals surface area contributed by atoms with Crippen LogP contribution in [0.5, 0.6) is 0 Å². The van der Waals surface area contributed by atoms with Crippen molar-refractivity contribution in [3.63, 3.8) is 0 Å². The predicted octanol–water partition coefficient (Wildman–Crippen LogP) is 5.10. The van der Waals surface area contributed by atoms with Crippen LogP contribution in [0.2, 0.25) is 0 Å². The molecule has 0 saturated carbocycles. The van der Waals surface area contributed by atoms with E-state index in [9.17, 15) is 9.59 Å². The number of hydrogen-bond acceptors (Lipinski definition) is 18. The zero-order valence-electron chi connectivity index (χ0n) is 26.5. The Morgan fingerprint density at radius 2 is 1.40 bits per heavy atom. The SMILES string of the molecule is CN/N=C(\C)SCc1nc(-c2cccc(COC(=O)C(=O)OCc3cccc(-c4noc(CSc5nnc(-c6ccncc6)o5)n4)c3)c2)no1. The van der Waals surface area contributed by atoms with Gasteiger partial charge in [0.05, 0.1) is 16.5 Å². The topological polar surface area (TPSA) is 207 Å². The van der Waals surface area contributed by atoms with Crippen molar-refractivity contribution in [1.82, 2.24) is 40.9 Å². The summed E-state index contributed by atoms with van der Waals surface area (Å²) in [6.45, 7) is 1.54. The van der Waals surface area contributed by atoms with Crippen LogP contribution in [0.3, 0.4) is 0 Å². The van der Waals surface area contributed by atoms with Crippen LogP contribution < -0.4 is 5.43 Å². The van der Waals surface area contributed by atoms with Gasteiger partial charge in [0.15, 0.2) is 0 Å². The minimum Gasteiger partial charge on any atom is -0.452 e. The Hall–Kier alpha value is -5.88. The van der Waals surface area contributed by atoms with E-state index in [4.69, 9.17) is 22.9 Å². The molecule has 2 aromatic carbocycles. The van der Waals surface area contributed by atoms with Crippen molar-refractivity contribution in [2.45, 2.75) is 36.9 Å². The van der Waals surface area contributed by atoms with Crippen molar-refractivity contribution >= 4 is 40.5 Å². The Labute approximate surface area is 292 Å².